The van der Waals surface area contributed by atoms with Crippen LogP contribution in [0.3, 0.4) is 0 Å². The normalized spacial score (nSPS) is 10.3. The van der Waals surface area contributed by atoms with Gasteiger partial charge in [0, 0.05) is 18.4 Å². The Morgan fingerprint density at radius 1 is 1.12 bits per heavy atom. The first-order valence-corrected chi connectivity index (χ1v) is 5.82. The van der Waals surface area contributed by atoms with Gasteiger partial charge in [0.2, 0.25) is 0 Å². The zero-order chi connectivity index (χ0) is 12.4. The zero-order valence-electron chi connectivity index (χ0n) is 9.94. The summed E-state index contributed by atoms with van der Waals surface area (Å²) >= 11 is 6.07. The lowest BCUT2D eigenvalue weighted by atomic mass is 10.1. The topological polar surface area (TPSA) is 29.3 Å². The first-order chi connectivity index (χ1) is 8.09. The third-order valence-electron chi connectivity index (χ3n) is 2.82. The summed E-state index contributed by atoms with van der Waals surface area (Å²) in [6.07, 6.45) is 0. The highest BCUT2D eigenvalue weighted by molar-refractivity contribution is 6.33. The van der Waals surface area contributed by atoms with Crippen molar-refractivity contribution in [1.29, 1.82) is 0 Å². The molecule has 2 aromatic carbocycles. The number of benzene rings is 2. The van der Waals surface area contributed by atoms with Crippen LogP contribution in [0.4, 0.5) is 17.1 Å². The smallest absolute Gasteiger partial charge is 0.0656 e. The Balaban J connectivity index is 2.44. The van der Waals surface area contributed by atoms with Crippen molar-refractivity contribution in [3.63, 3.8) is 0 Å². The van der Waals surface area contributed by atoms with E-state index in [1.165, 1.54) is 0 Å². The molecular formula is C14H15ClN2. The number of nitrogens with two attached hydrogens (primary N) is 1. The van der Waals surface area contributed by atoms with Crippen LogP contribution in [0.15, 0.2) is 42.5 Å². The summed E-state index contributed by atoms with van der Waals surface area (Å²) < 4.78 is 0. The highest BCUT2D eigenvalue weighted by Gasteiger charge is 2.09. The number of para-hydroxylation sites is 1. The van der Waals surface area contributed by atoms with E-state index < -0.39 is 0 Å². The van der Waals surface area contributed by atoms with Gasteiger partial charge in [0.05, 0.1) is 10.7 Å². The maximum absolute atomic E-state index is 6.07. The van der Waals surface area contributed by atoms with E-state index in [9.17, 15) is 0 Å². The van der Waals surface area contributed by atoms with Gasteiger partial charge in [-0.15, -0.1) is 0 Å². The van der Waals surface area contributed by atoms with Gasteiger partial charge in [-0.2, -0.15) is 0 Å². The predicted octanol–water partition coefficient (Wildman–Crippen LogP) is 4.00. The van der Waals surface area contributed by atoms with Gasteiger partial charge in [-0.25, -0.2) is 0 Å². The van der Waals surface area contributed by atoms with E-state index >= 15 is 0 Å². The van der Waals surface area contributed by atoms with Crippen LogP contribution in [0.2, 0.25) is 5.02 Å². The maximum atomic E-state index is 6.07. The van der Waals surface area contributed by atoms with E-state index in [2.05, 4.69) is 17.0 Å². The van der Waals surface area contributed by atoms with Crippen LogP contribution in [0.1, 0.15) is 5.56 Å². The molecule has 0 radical (unpaired) electrons. The molecule has 0 aliphatic carbocycles. The molecule has 0 unspecified atom stereocenters. The Labute approximate surface area is 107 Å². The minimum Gasteiger partial charge on any atom is -0.398 e. The summed E-state index contributed by atoms with van der Waals surface area (Å²) in [4.78, 5) is 2.10. The second-order valence-corrected chi connectivity index (χ2v) is 4.46. The zero-order valence-corrected chi connectivity index (χ0v) is 10.7. The molecule has 0 spiro atoms. The molecule has 0 amide bonds. The van der Waals surface area contributed by atoms with E-state index in [0.717, 1.165) is 16.9 Å². The van der Waals surface area contributed by atoms with Crippen LogP contribution in [0.5, 0.6) is 0 Å². The van der Waals surface area contributed by atoms with Crippen molar-refractivity contribution < 1.29 is 0 Å². The SMILES string of the molecule is Cc1cc(N)c(Cl)cc1N(C)c1ccccc1. The average molecular weight is 247 g/mol. The van der Waals surface area contributed by atoms with Gasteiger partial charge in [-0.1, -0.05) is 29.8 Å². The van der Waals surface area contributed by atoms with Crippen molar-refractivity contribution >= 4 is 28.7 Å². The largest absolute Gasteiger partial charge is 0.398 e. The summed E-state index contributed by atoms with van der Waals surface area (Å²) in [5.74, 6) is 0. The highest BCUT2D eigenvalue weighted by atomic mass is 35.5. The predicted molar refractivity (Wildman–Crippen MR) is 75.1 cm³/mol. The van der Waals surface area contributed by atoms with E-state index in [1.54, 1.807) is 0 Å². The third-order valence-corrected chi connectivity index (χ3v) is 3.15. The summed E-state index contributed by atoms with van der Waals surface area (Å²) in [6.45, 7) is 2.03. The summed E-state index contributed by atoms with van der Waals surface area (Å²) in [7, 11) is 2.02. The number of nitrogen functional groups attached to an aromatic ring is 1. The fourth-order valence-corrected chi connectivity index (χ4v) is 2.00. The lowest BCUT2D eigenvalue weighted by Crippen LogP contribution is -2.11. The minimum atomic E-state index is 0.591. The van der Waals surface area contributed by atoms with Crippen LogP contribution >= 0.6 is 11.6 Å². The Kier molecular flexibility index (Phi) is 3.25. The number of hydrogen-bond acceptors (Lipinski definition) is 2. The van der Waals surface area contributed by atoms with Crippen molar-refractivity contribution in [2.45, 2.75) is 6.92 Å². The minimum absolute atomic E-state index is 0.591. The van der Waals surface area contributed by atoms with Gasteiger partial charge < -0.3 is 10.6 Å². The van der Waals surface area contributed by atoms with Gasteiger partial charge >= 0.3 is 0 Å². The molecule has 2 rings (SSSR count). The Hall–Kier alpha value is -1.67. The Bertz CT molecular complexity index is 523. The molecule has 2 nitrogen and oxygen atoms in total. The fourth-order valence-electron chi connectivity index (χ4n) is 1.85. The molecule has 0 aliphatic heterocycles. The first-order valence-electron chi connectivity index (χ1n) is 5.44. The molecule has 17 heavy (non-hydrogen) atoms. The molecular weight excluding hydrogens is 232 g/mol. The summed E-state index contributed by atoms with van der Waals surface area (Å²) in [5, 5.41) is 0.591. The van der Waals surface area contributed by atoms with Gasteiger partial charge in [-0.3, -0.25) is 0 Å². The second-order valence-electron chi connectivity index (χ2n) is 4.05. The molecule has 0 atom stereocenters. The summed E-state index contributed by atoms with van der Waals surface area (Å²) in [5.41, 5.74) is 9.69. The van der Waals surface area contributed by atoms with Crippen molar-refractivity contribution in [2.24, 2.45) is 0 Å². The van der Waals surface area contributed by atoms with Crippen LogP contribution < -0.4 is 10.6 Å². The average Bonchev–Trinajstić information content (AvgIpc) is 2.34. The monoisotopic (exact) mass is 246 g/mol. The lowest BCUT2D eigenvalue weighted by Gasteiger charge is -2.22. The Morgan fingerprint density at radius 2 is 1.76 bits per heavy atom. The second kappa shape index (κ2) is 4.68. The fraction of sp³-hybridized carbons (Fsp3) is 0.143. The van der Waals surface area contributed by atoms with Crippen LogP contribution in [-0.2, 0) is 0 Å². The Morgan fingerprint density at radius 3 is 2.41 bits per heavy atom. The lowest BCUT2D eigenvalue weighted by molar-refractivity contribution is 1.19. The molecule has 2 N–H and O–H groups in total. The highest BCUT2D eigenvalue weighted by Crippen LogP contribution is 2.32. The van der Waals surface area contributed by atoms with E-state index in [-0.39, 0.29) is 0 Å². The van der Waals surface area contributed by atoms with Gasteiger partial charge in [0.25, 0.3) is 0 Å². The third kappa shape index (κ3) is 2.37. The van der Waals surface area contributed by atoms with Gasteiger partial charge in [0.1, 0.15) is 0 Å². The molecule has 0 bridgehead atoms. The maximum Gasteiger partial charge on any atom is 0.0656 e. The number of nitrogens with zero attached hydrogens (tertiary/aromatic N) is 1. The van der Waals surface area contributed by atoms with Crippen LogP contribution in [0.25, 0.3) is 0 Å². The number of hydrogen-bond donors (Lipinski definition) is 1. The van der Waals surface area contributed by atoms with Crippen molar-refractivity contribution in [1.82, 2.24) is 0 Å². The number of rotatable bonds is 2. The molecule has 0 aromatic heterocycles. The number of anilines is 3. The standard InChI is InChI=1S/C14H15ClN2/c1-10-8-13(16)12(15)9-14(10)17(2)11-6-4-3-5-7-11/h3-9H,16H2,1-2H3. The van der Waals surface area contributed by atoms with Crippen molar-refractivity contribution in [2.75, 3.05) is 17.7 Å². The molecule has 0 aliphatic rings. The van der Waals surface area contributed by atoms with Gasteiger partial charge in [0.15, 0.2) is 0 Å². The molecule has 3 heteroatoms. The quantitative estimate of drug-likeness (QED) is 0.812. The first kappa shape index (κ1) is 11.8. The van der Waals surface area contributed by atoms with Gasteiger partial charge in [-0.05, 0) is 36.8 Å². The van der Waals surface area contributed by atoms with Crippen LogP contribution in [-0.4, -0.2) is 7.05 Å². The van der Waals surface area contributed by atoms with E-state index in [1.807, 2.05) is 44.3 Å². The van der Waals surface area contributed by atoms with E-state index in [0.29, 0.717) is 10.7 Å². The molecule has 2 aromatic rings. The number of halogens is 1. The van der Waals surface area contributed by atoms with Crippen LogP contribution in [0, 0.1) is 6.92 Å². The molecule has 0 saturated heterocycles. The molecule has 0 heterocycles. The molecule has 0 fully saturated rings. The summed E-state index contributed by atoms with van der Waals surface area (Å²) in [6, 6.07) is 13.9. The molecule has 88 valence electrons. The number of aryl methyl sites for hydroxylation is 1. The van der Waals surface area contributed by atoms with Crippen molar-refractivity contribution in [3.8, 4) is 0 Å². The van der Waals surface area contributed by atoms with E-state index in [4.69, 9.17) is 17.3 Å². The van der Waals surface area contributed by atoms with Crippen molar-refractivity contribution in [3.05, 3.63) is 53.1 Å². The molecule has 0 saturated carbocycles.